The number of methoxy groups -OCH3 is 2. The van der Waals surface area contributed by atoms with Gasteiger partial charge in [0.15, 0.2) is 5.76 Å². The maximum absolute atomic E-state index is 13.3. The standard InChI is InChI=1S/C24H28ClN3O3/c1-14-8-15(2)23(16(3)9-14)26-22-12-19-18-11-21(31-5)20(30-4)10-17(18)6-7-27(19)24(29)28(22)13-25/h8-10,12,18H,6-7,11,13H2,1-5H3. The van der Waals surface area contributed by atoms with Gasteiger partial charge in [-0.05, 0) is 44.4 Å². The maximum atomic E-state index is 13.3. The first-order chi connectivity index (χ1) is 14.9. The Kier molecular flexibility index (Phi) is 5.84. The Balaban J connectivity index is 1.93. The normalized spacial score (nSPS) is 18.5. The van der Waals surface area contributed by atoms with E-state index in [1.807, 2.05) is 24.5 Å². The molecule has 1 aliphatic carbocycles. The van der Waals surface area contributed by atoms with Crippen LogP contribution in [0.4, 0.5) is 5.69 Å². The molecule has 2 aromatic rings. The summed E-state index contributed by atoms with van der Waals surface area (Å²) in [6.07, 6.45) is 3.49. The highest BCUT2D eigenvalue weighted by atomic mass is 35.5. The lowest BCUT2D eigenvalue weighted by Gasteiger charge is -2.33. The lowest BCUT2D eigenvalue weighted by molar-refractivity contribution is 0.211. The summed E-state index contributed by atoms with van der Waals surface area (Å²) in [5.74, 6) is 1.59. The van der Waals surface area contributed by atoms with Gasteiger partial charge in [0.05, 0.1) is 19.9 Å². The molecule has 4 rings (SSSR count). The topological polar surface area (TPSA) is 57.8 Å². The molecule has 1 aliphatic heterocycles. The summed E-state index contributed by atoms with van der Waals surface area (Å²) in [4.78, 5) is 18.2. The average Bonchev–Trinajstić information content (AvgIpc) is 2.75. The van der Waals surface area contributed by atoms with Crippen LogP contribution < -0.4 is 11.2 Å². The van der Waals surface area contributed by atoms with E-state index in [1.165, 1.54) is 15.7 Å². The van der Waals surface area contributed by atoms with Crippen molar-refractivity contribution in [2.45, 2.75) is 52.1 Å². The molecule has 6 nitrogen and oxygen atoms in total. The average molecular weight is 442 g/mol. The molecule has 1 aromatic heterocycles. The van der Waals surface area contributed by atoms with Crippen LogP contribution in [0.2, 0.25) is 0 Å². The van der Waals surface area contributed by atoms with Crippen molar-refractivity contribution in [2.75, 3.05) is 14.2 Å². The van der Waals surface area contributed by atoms with Gasteiger partial charge in [-0.2, -0.15) is 0 Å². The van der Waals surface area contributed by atoms with Crippen LogP contribution in [0.5, 0.6) is 0 Å². The van der Waals surface area contributed by atoms with Crippen molar-refractivity contribution in [1.82, 2.24) is 9.13 Å². The van der Waals surface area contributed by atoms with Crippen LogP contribution >= 0.6 is 11.6 Å². The molecule has 31 heavy (non-hydrogen) atoms. The number of hydrogen-bond acceptors (Lipinski definition) is 4. The van der Waals surface area contributed by atoms with E-state index in [1.54, 1.807) is 14.2 Å². The Bertz CT molecular complexity index is 1210. The third-order valence-electron chi connectivity index (χ3n) is 6.18. The third kappa shape index (κ3) is 3.74. The zero-order valence-electron chi connectivity index (χ0n) is 18.7. The van der Waals surface area contributed by atoms with Crippen LogP contribution in [0.1, 0.15) is 41.1 Å². The fourth-order valence-corrected chi connectivity index (χ4v) is 4.95. The molecule has 1 aromatic carbocycles. The molecule has 2 aliphatic rings. The maximum Gasteiger partial charge on any atom is 0.330 e. The van der Waals surface area contributed by atoms with E-state index >= 15 is 0 Å². The molecular weight excluding hydrogens is 414 g/mol. The van der Waals surface area contributed by atoms with E-state index in [9.17, 15) is 4.79 Å². The smallest absolute Gasteiger partial charge is 0.330 e. The van der Waals surface area contributed by atoms with Gasteiger partial charge in [0.25, 0.3) is 0 Å². The predicted octanol–water partition coefficient (Wildman–Crippen LogP) is 4.33. The van der Waals surface area contributed by atoms with Crippen LogP contribution in [0.3, 0.4) is 0 Å². The van der Waals surface area contributed by atoms with Crippen molar-refractivity contribution >= 4 is 17.3 Å². The van der Waals surface area contributed by atoms with Gasteiger partial charge in [-0.1, -0.05) is 23.3 Å². The van der Waals surface area contributed by atoms with E-state index in [2.05, 4.69) is 25.1 Å². The molecule has 164 valence electrons. The Hall–Kier alpha value is -2.73. The number of hydrogen-bond donors (Lipinski definition) is 0. The van der Waals surface area contributed by atoms with Gasteiger partial charge in [-0.25, -0.2) is 9.79 Å². The molecule has 0 spiro atoms. The lowest BCUT2D eigenvalue weighted by Crippen LogP contribution is -2.43. The molecule has 2 heterocycles. The van der Waals surface area contributed by atoms with Crippen molar-refractivity contribution in [3.05, 3.63) is 79.7 Å². The fourth-order valence-electron chi connectivity index (χ4n) is 4.73. The lowest BCUT2D eigenvalue weighted by atomic mass is 9.82. The van der Waals surface area contributed by atoms with Gasteiger partial charge in [0.1, 0.15) is 17.3 Å². The number of fused-ring (bicyclic) bond motifs is 3. The van der Waals surface area contributed by atoms with E-state index in [0.717, 1.165) is 40.4 Å². The molecular formula is C24H28ClN3O3. The highest BCUT2D eigenvalue weighted by Gasteiger charge is 2.32. The Morgan fingerprint density at radius 1 is 1.13 bits per heavy atom. The van der Waals surface area contributed by atoms with Crippen molar-refractivity contribution in [3.63, 3.8) is 0 Å². The van der Waals surface area contributed by atoms with Crippen LogP contribution in [-0.2, 0) is 22.0 Å². The van der Waals surface area contributed by atoms with Gasteiger partial charge in [0, 0.05) is 30.6 Å². The minimum Gasteiger partial charge on any atom is -0.497 e. The molecule has 0 radical (unpaired) electrons. The second-order valence-electron chi connectivity index (χ2n) is 8.19. The summed E-state index contributed by atoms with van der Waals surface area (Å²) in [6.45, 7) is 6.76. The Morgan fingerprint density at radius 3 is 2.45 bits per heavy atom. The van der Waals surface area contributed by atoms with Crippen LogP contribution in [0.15, 0.2) is 51.2 Å². The number of nitrogens with zero attached hydrogens (tertiary/aromatic N) is 3. The molecule has 0 N–H and O–H groups in total. The highest BCUT2D eigenvalue weighted by molar-refractivity contribution is 6.15. The number of ether oxygens (including phenoxy) is 2. The molecule has 0 saturated carbocycles. The molecule has 0 amide bonds. The van der Waals surface area contributed by atoms with Gasteiger partial charge < -0.3 is 9.47 Å². The van der Waals surface area contributed by atoms with E-state index in [4.69, 9.17) is 26.1 Å². The van der Waals surface area contributed by atoms with E-state index in [-0.39, 0.29) is 17.6 Å². The number of rotatable bonds is 4. The summed E-state index contributed by atoms with van der Waals surface area (Å²) in [5.41, 5.74) is 6.84. The summed E-state index contributed by atoms with van der Waals surface area (Å²) in [7, 11) is 3.30. The molecule has 1 atom stereocenters. The first-order valence-corrected chi connectivity index (χ1v) is 11.0. The minimum atomic E-state index is -0.131. The number of aromatic nitrogens is 2. The van der Waals surface area contributed by atoms with Crippen molar-refractivity contribution in [1.29, 1.82) is 0 Å². The van der Waals surface area contributed by atoms with E-state index in [0.29, 0.717) is 18.5 Å². The number of benzene rings is 1. The molecule has 0 saturated heterocycles. The summed E-state index contributed by atoms with van der Waals surface area (Å²) in [5, 5.41) is 0. The SMILES string of the molecule is COC1=C(OC)CC2C(=C1)CCn1c2cc(=Nc2c(C)cc(C)cc2C)n(CCl)c1=O. The zero-order chi connectivity index (χ0) is 22.3. The molecule has 7 heteroatoms. The summed E-state index contributed by atoms with van der Waals surface area (Å²) < 4.78 is 14.4. The Labute approximate surface area is 187 Å². The van der Waals surface area contributed by atoms with Gasteiger partial charge >= 0.3 is 5.69 Å². The molecule has 0 fully saturated rings. The highest BCUT2D eigenvalue weighted by Crippen LogP contribution is 2.40. The molecule has 0 bridgehead atoms. The van der Waals surface area contributed by atoms with Crippen LogP contribution in [0, 0.1) is 20.8 Å². The first-order valence-electron chi connectivity index (χ1n) is 10.4. The van der Waals surface area contributed by atoms with Gasteiger partial charge in [0.2, 0.25) is 0 Å². The number of allylic oxidation sites excluding steroid dienone is 3. The number of alkyl halides is 1. The summed E-state index contributed by atoms with van der Waals surface area (Å²) in [6, 6.07) is 6.26. The van der Waals surface area contributed by atoms with Gasteiger partial charge in [-0.15, -0.1) is 11.6 Å². The quantitative estimate of drug-likeness (QED) is 0.664. The fraction of sp³-hybridized carbons (Fsp3) is 0.417. The van der Waals surface area contributed by atoms with Crippen LogP contribution in [0.25, 0.3) is 0 Å². The largest absolute Gasteiger partial charge is 0.497 e. The van der Waals surface area contributed by atoms with E-state index < -0.39 is 0 Å². The number of halogens is 1. The second-order valence-corrected chi connectivity index (χ2v) is 8.43. The zero-order valence-corrected chi connectivity index (χ0v) is 19.4. The minimum absolute atomic E-state index is 0.0479. The number of aryl methyl sites for hydroxylation is 3. The summed E-state index contributed by atoms with van der Waals surface area (Å²) >= 11 is 6.21. The molecule has 1 unspecified atom stereocenters. The first kappa shape index (κ1) is 21.5. The van der Waals surface area contributed by atoms with Crippen LogP contribution in [-0.4, -0.2) is 23.4 Å². The van der Waals surface area contributed by atoms with Crippen molar-refractivity contribution in [2.24, 2.45) is 4.99 Å². The second kappa shape index (κ2) is 8.42. The predicted molar refractivity (Wildman–Crippen MR) is 122 cm³/mol. The monoisotopic (exact) mass is 441 g/mol. The van der Waals surface area contributed by atoms with Gasteiger partial charge in [-0.3, -0.25) is 9.13 Å². The van der Waals surface area contributed by atoms with Crippen molar-refractivity contribution in [3.8, 4) is 0 Å². The Morgan fingerprint density at radius 2 is 1.84 bits per heavy atom. The third-order valence-corrected chi connectivity index (χ3v) is 6.42. The van der Waals surface area contributed by atoms with Crippen molar-refractivity contribution < 1.29 is 9.47 Å².